The van der Waals surface area contributed by atoms with Crippen LogP contribution in [0.25, 0.3) is 22.2 Å². The van der Waals surface area contributed by atoms with E-state index >= 15 is 0 Å². The zero-order chi connectivity index (χ0) is 27.6. The molecule has 9 nitrogen and oxygen atoms in total. The lowest BCUT2D eigenvalue weighted by molar-refractivity contribution is 0.0951. The maximum absolute atomic E-state index is 13.4. The number of carbonyl (C=O) groups is 1. The molecular formula is C29H32ClN5O4S. The van der Waals surface area contributed by atoms with Crippen LogP contribution in [0.5, 0.6) is 5.88 Å². The second-order valence-electron chi connectivity index (χ2n) is 9.67. The second kappa shape index (κ2) is 12.2. The van der Waals surface area contributed by atoms with Gasteiger partial charge in [-0.3, -0.25) is 14.7 Å². The summed E-state index contributed by atoms with van der Waals surface area (Å²) in [6.07, 6.45) is 2.77. The van der Waals surface area contributed by atoms with E-state index in [1.54, 1.807) is 24.3 Å². The van der Waals surface area contributed by atoms with Crippen LogP contribution in [0, 0.1) is 0 Å². The van der Waals surface area contributed by atoms with Crippen LogP contribution in [-0.2, 0) is 16.4 Å². The molecule has 3 N–H and O–H groups in total. The van der Waals surface area contributed by atoms with E-state index in [-0.39, 0.29) is 29.1 Å². The van der Waals surface area contributed by atoms with Crippen molar-refractivity contribution in [2.24, 2.45) is 0 Å². The van der Waals surface area contributed by atoms with Gasteiger partial charge in [-0.2, -0.15) is 0 Å². The van der Waals surface area contributed by atoms with Crippen molar-refractivity contribution >= 4 is 39.1 Å². The van der Waals surface area contributed by atoms with Gasteiger partial charge in [-0.15, -0.1) is 19.0 Å². The molecule has 1 atom stereocenters. The zero-order valence-corrected chi connectivity index (χ0v) is 23.7. The molecule has 210 valence electrons. The fraction of sp³-hybridized carbons (Fsp3) is 0.241. The van der Waals surface area contributed by atoms with E-state index in [9.17, 15) is 18.3 Å². The lowest BCUT2D eigenvalue weighted by Gasteiger charge is -2.36. The average molecular weight is 582 g/mol. The van der Waals surface area contributed by atoms with Gasteiger partial charge in [0.05, 0.1) is 16.2 Å². The number of carbonyl (C=O) groups excluding carboxylic acids is 1. The lowest BCUT2D eigenvalue weighted by Crippen LogP contribution is -2.50. The highest BCUT2D eigenvalue weighted by atomic mass is 35.5. The van der Waals surface area contributed by atoms with Gasteiger partial charge < -0.3 is 20.3 Å². The number of aromatic hydroxyl groups is 1. The summed E-state index contributed by atoms with van der Waals surface area (Å²) in [5.41, 5.74) is 2.82. The number of piperazine rings is 1. The van der Waals surface area contributed by atoms with Gasteiger partial charge in [0.25, 0.3) is 5.91 Å². The van der Waals surface area contributed by atoms with Crippen molar-refractivity contribution in [3.63, 3.8) is 0 Å². The van der Waals surface area contributed by atoms with Gasteiger partial charge in [0.15, 0.2) is 15.7 Å². The minimum Gasteiger partial charge on any atom is -0.494 e. The maximum Gasteiger partial charge on any atom is 0.251 e. The molecule has 1 aliphatic heterocycles. The number of amides is 1. The van der Waals surface area contributed by atoms with Crippen molar-refractivity contribution in [2.75, 3.05) is 33.2 Å². The molecule has 40 heavy (non-hydrogen) atoms. The number of fused-ring (bicyclic) bond motifs is 1. The van der Waals surface area contributed by atoms with Gasteiger partial charge >= 0.3 is 0 Å². The number of halogens is 1. The van der Waals surface area contributed by atoms with Crippen LogP contribution >= 0.6 is 12.4 Å². The highest BCUT2D eigenvalue weighted by Crippen LogP contribution is 2.36. The van der Waals surface area contributed by atoms with Crippen molar-refractivity contribution in [3.05, 3.63) is 90.6 Å². The molecule has 0 bridgehead atoms. The number of aromatic nitrogens is 2. The van der Waals surface area contributed by atoms with Crippen LogP contribution in [-0.4, -0.2) is 77.8 Å². The summed E-state index contributed by atoms with van der Waals surface area (Å²) < 4.78 is 26.9. The van der Waals surface area contributed by atoms with Crippen molar-refractivity contribution in [2.45, 2.75) is 16.8 Å². The molecular weight excluding hydrogens is 550 g/mol. The molecule has 2 aromatic carbocycles. The Morgan fingerprint density at radius 3 is 2.50 bits per heavy atom. The Balaban J connectivity index is 0.00000370. The monoisotopic (exact) mass is 581 g/mol. The molecule has 0 spiro atoms. The summed E-state index contributed by atoms with van der Waals surface area (Å²) in [6, 6.07) is 17.8. The molecule has 1 amide bonds. The molecule has 1 unspecified atom stereocenters. The third kappa shape index (κ3) is 5.90. The fourth-order valence-electron chi connectivity index (χ4n) is 4.84. The summed E-state index contributed by atoms with van der Waals surface area (Å²) in [4.78, 5) is 24.3. The average Bonchev–Trinajstić information content (AvgIpc) is 3.28. The van der Waals surface area contributed by atoms with Crippen LogP contribution in [0.1, 0.15) is 15.9 Å². The molecule has 3 heterocycles. The van der Waals surface area contributed by atoms with E-state index in [1.165, 1.54) is 18.3 Å². The van der Waals surface area contributed by atoms with Gasteiger partial charge in [-0.1, -0.05) is 36.4 Å². The number of rotatable bonds is 8. The van der Waals surface area contributed by atoms with Gasteiger partial charge in [0, 0.05) is 55.4 Å². The number of nitrogens with one attached hydrogen (secondary N) is 2. The van der Waals surface area contributed by atoms with Gasteiger partial charge in [-0.25, -0.2) is 8.42 Å². The van der Waals surface area contributed by atoms with E-state index < -0.39 is 15.2 Å². The van der Waals surface area contributed by atoms with Crippen molar-refractivity contribution in [1.29, 1.82) is 0 Å². The summed E-state index contributed by atoms with van der Waals surface area (Å²) in [7, 11) is -1.74. The fourth-order valence-corrected chi connectivity index (χ4v) is 6.44. The smallest absolute Gasteiger partial charge is 0.251 e. The maximum atomic E-state index is 13.4. The van der Waals surface area contributed by atoms with E-state index in [2.05, 4.69) is 26.8 Å². The largest absolute Gasteiger partial charge is 0.494 e. The summed E-state index contributed by atoms with van der Waals surface area (Å²) in [5.74, 6) is -0.363. The van der Waals surface area contributed by atoms with Gasteiger partial charge in [-0.05, 0) is 42.9 Å². The Morgan fingerprint density at radius 1 is 1.12 bits per heavy atom. The Kier molecular flexibility index (Phi) is 8.95. The third-order valence-corrected chi connectivity index (χ3v) is 9.10. The predicted molar refractivity (Wildman–Crippen MR) is 158 cm³/mol. The summed E-state index contributed by atoms with van der Waals surface area (Å²) in [6.45, 7) is 6.98. The molecule has 0 aliphatic carbocycles. The first-order valence-electron chi connectivity index (χ1n) is 12.7. The van der Waals surface area contributed by atoms with Crippen LogP contribution < -0.4 is 5.32 Å². The normalized spacial score (nSPS) is 15.3. The van der Waals surface area contributed by atoms with E-state index in [1.807, 2.05) is 42.3 Å². The van der Waals surface area contributed by atoms with Crippen LogP contribution in [0.3, 0.4) is 0 Å². The molecule has 11 heteroatoms. The SMILES string of the molecule is C=CC(N1CCN(C)CC1)S(=O)(=O)c1ccc(-c2c(O)[nH]c3ccc(C(=O)NCc4ccccc4)cc23)nc1.Cl. The number of aromatic amines is 1. The number of sulfone groups is 1. The van der Waals surface area contributed by atoms with E-state index in [0.29, 0.717) is 47.4 Å². The number of hydrogen-bond donors (Lipinski definition) is 3. The Labute approximate surface area is 239 Å². The molecule has 5 rings (SSSR count). The van der Waals surface area contributed by atoms with Crippen molar-refractivity contribution < 1.29 is 18.3 Å². The topological polar surface area (TPSA) is 119 Å². The molecule has 0 radical (unpaired) electrons. The number of nitrogens with zero attached hydrogens (tertiary/aromatic N) is 3. The number of hydrogen-bond acceptors (Lipinski definition) is 7. The third-order valence-electron chi connectivity index (χ3n) is 7.08. The molecule has 0 saturated carbocycles. The summed E-state index contributed by atoms with van der Waals surface area (Å²) >= 11 is 0. The van der Waals surface area contributed by atoms with Crippen LogP contribution in [0.4, 0.5) is 0 Å². The zero-order valence-electron chi connectivity index (χ0n) is 22.1. The minimum absolute atomic E-state index is 0. The number of benzene rings is 2. The minimum atomic E-state index is -3.75. The molecule has 4 aromatic rings. The van der Waals surface area contributed by atoms with Crippen LogP contribution in [0.15, 0.2) is 84.4 Å². The van der Waals surface area contributed by atoms with Crippen LogP contribution in [0.2, 0.25) is 0 Å². The van der Waals surface area contributed by atoms with E-state index in [0.717, 1.165) is 18.7 Å². The molecule has 1 aliphatic rings. The first-order valence-corrected chi connectivity index (χ1v) is 14.2. The van der Waals surface area contributed by atoms with Gasteiger partial charge in [0.2, 0.25) is 0 Å². The molecule has 2 aromatic heterocycles. The lowest BCUT2D eigenvalue weighted by atomic mass is 10.1. The standard InChI is InChI=1S/C29H31N5O4S.ClH/c1-3-26(34-15-13-33(2)14-16-34)39(37,38)22-10-12-25(30-19-22)27-23-17-21(9-11-24(23)32-29(27)36)28(35)31-18-20-7-5-4-6-8-20;/h3-12,17,19,26,32,36H,1,13-16,18H2,2H3,(H,31,35);1H. The number of pyridine rings is 1. The Morgan fingerprint density at radius 2 is 1.85 bits per heavy atom. The van der Waals surface area contributed by atoms with E-state index in [4.69, 9.17) is 0 Å². The number of likely N-dealkylation sites (N-methyl/N-ethyl adjacent to an activating group) is 1. The molecule has 1 saturated heterocycles. The first-order chi connectivity index (χ1) is 18.8. The predicted octanol–water partition coefficient (Wildman–Crippen LogP) is 3.82. The molecule has 1 fully saturated rings. The Hall–Kier alpha value is -3.70. The first kappa shape index (κ1) is 29.3. The highest BCUT2D eigenvalue weighted by Gasteiger charge is 2.32. The van der Waals surface area contributed by atoms with Crippen molar-refractivity contribution in [1.82, 2.24) is 25.1 Å². The second-order valence-corrected chi connectivity index (χ2v) is 11.7. The Bertz CT molecular complexity index is 1600. The number of H-pyrrole nitrogens is 1. The van der Waals surface area contributed by atoms with Crippen molar-refractivity contribution in [3.8, 4) is 17.1 Å². The quantitative estimate of drug-likeness (QED) is 0.271. The van der Waals surface area contributed by atoms with Gasteiger partial charge in [0.1, 0.15) is 5.37 Å². The summed E-state index contributed by atoms with van der Waals surface area (Å²) in [5, 5.41) is 13.3. The highest BCUT2D eigenvalue weighted by molar-refractivity contribution is 7.92.